The number of aromatic nitrogens is 4. The number of fused-ring (bicyclic) bond motifs is 1. The molecule has 0 fully saturated rings. The Morgan fingerprint density at radius 2 is 2.07 bits per heavy atom. The molecule has 4 aromatic rings. The van der Waals surface area contributed by atoms with Gasteiger partial charge in [-0.05, 0) is 36.4 Å². The van der Waals surface area contributed by atoms with Gasteiger partial charge in [-0.25, -0.2) is 0 Å². The minimum Gasteiger partial charge on any atom is -0.489 e. The van der Waals surface area contributed by atoms with E-state index < -0.39 is 0 Å². The summed E-state index contributed by atoms with van der Waals surface area (Å²) in [4.78, 5) is 21.7. The van der Waals surface area contributed by atoms with Crippen LogP contribution in [0.25, 0.3) is 22.4 Å². The lowest BCUT2D eigenvalue weighted by atomic mass is 10.2. The molecule has 0 unspecified atom stereocenters. The molecule has 0 bridgehead atoms. The van der Waals surface area contributed by atoms with Gasteiger partial charge in [-0.15, -0.1) is 5.10 Å². The van der Waals surface area contributed by atoms with Gasteiger partial charge in [0.25, 0.3) is 5.56 Å². The molecule has 1 aromatic carbocycles. The summed E-state index contributed by atoms with van der Waals surface area (Å²) in [5.41, 5.74) is 1.40. The zero-order valence-corrected chi connectivity index (χ0v) is 16.4. The second-order valence-corrected chi connectivity index (χ2v) is 7.49. The molecule has 0 N–H and O–H groups in total. The Morgan fingerprint density at radius 3 is 2.81 bits per heavy atom. The van der Waals surface area contributed by atoms with Crippen LogP contribution in [-0.4, -0.2) is 26.2 Å². The van der Waals surface area contributed by atoms with E-state index in [2.05, 4.69) is 37.6 Å². The normalized spacial score (nSPS) is 11.8. The van der Waals surface area contributed by atoms with Crippen LogP contribution in [0.4, 0.5) is 0 Å². The van der Waals surface area contributed by atoms with Crippen LogP contribution in [0, 0.1) is 0 Å². The zero-order chi connectivity index (χ0) is 18.8. The van der Waals surface area contributed by atoms with E-state index in [1.54, 1.807) is 24.5 Å². The maximum atomic E-state index is 12.7. The van der Waals surface area contributed by atoms with Crippen LogP contribution in [0.5, 0.6) is 5.75 Å². The molecule has 0 amide bonds. The number of rotatable bonds is 5. The number of pyridine rings is 1. The molecule has 8 heteroatoms. The van der Waals surface area contributed by atoms with E-state index in [0.717, 1.165) is 15.6 Å². The van der Waals surface area contributed by atoms with E-state index in [1.165, 1.54) is 15.9 Å². The van der Waals surface area contributed by atoms with E-state index in [9.17, 15) is 4.79 Å². The fourth-order valence-electron chi connectivity index (χ4n) is 2.51. The number of nitrogens with zero attached hydrogens (tertiary/aromatic N) is 4. The summed E-state index contributed by atoms with van der Waals surface area (Å²) in [5.74, 6) is 1.18. The third-order valence-corrected chi connectivity index (χ3v) is 5.19. The summed E-state index contributed by atoms with van der Waals surface area (Å²) in [6, 6.07) is 9.25. The van der Waals surface area contributed by atoms with Crippen molar-refractivity contribution in [2.24, 2.45) is 0 Å². The van der Waals surface area contributed by atoms with Crippen LogP contribution in [0.1, 0.15) is 5.56 Å². The summed E-state index contributed by atoms with van der Waals surface area (Å²) < 4.78 is 8.43. The minimum absolute atomic E-state index is 0.211. The van der Waals surface area contributed by atoms with Crippen molar-refractivity contribution in [1.29, 1.82) is 0 Å². The van der Waals surface area contributed by atoms with Gasteiger partial charge in [0.2, 0.25) is 4.96 Å². The second-order valence-electron chi connectivity index (χ2n) is 5.56. The smallest absolute Gasteiger partial charge is 0.291 e. The average Bonchev–Trinajstić information content (AvgIpc) is 3.22. The van der Waals surface area contributed by atoms with Crippen LogP contribution in [-0.2, 0) is 0 Å². The Kier molecular flexibility index (Phi) is 4.83. The van der Waals surface area contributed by atoms with Gasteiger partial charge in [0.15, 0.2) is 5.82 Å². The molecule has 0 spiro atoms. The first-order chi connectivity index (χ1) is 13.2. The predicted octanol–water partition coefficient (Wildman–Crippen LogP) is 3.09. The molecule has 0 radical (unpaired) electrons. The number of thiazole rings is 1. The first kappa shape index (κ1) is 17.6. The topological polar surface area (TPSA) is 69.4 Å². The van der Waals surface area contributed by atoms with Gasteiger partial charge in [0.05, 0.1) is 4.53 Å². The second kappa shape index (κ2) is 7.42. The third-order valence-electron chi connectivity index (χ3n) is 3.74. The van der Waals surface area contributed by atoms with Crippen molar-refractivity contribution in [3.05, 3.63) is 80.3 Å². The number of hydrogen-bond acceptors (Lipinski definition) is 6. The van der Waals surface area contributed by atoms with Crippen LogP contribution in [0.15, 0.2) is 64.6 Å². The SMILES string of the molecule is C=CCOc1ccc(Br)cc1/C=c1\sc2nc(-c3ccncc3)nn2c1=O. The average molecular weight is 441 g/mol. The Morgan fingerprint density at radius 1 is 1.26 bits per heavy atom. The van der Waals surface area contributed by atoms with E-state index >= 15 is 0 Å². The Labute approximate surface area is 166 Å². The molecule has 0 aliphatic heterocycles. The highest BCUT2D eigenvalue weighted by Gasteiger charge is 2.12. The number of ether oxygens (including phenoxy) is 1. The lowest BCUT2D eigenvalue weighted by molar-refractivity contribution is 0.362. The van der Waals surface area contributed by atoms with Crippen molar-refractivity contribution in [2.75, 3.05) is 6.61 Å². The molecule has 6 nitrogen and oxygen atoms in total. The van der Waals surface area contributed by atoms with Crippen molar-refractivity contribution in [3.8, 4) is 17.1 Å². The van der Waals surface area contributed by atoms with E-state index in [1.807, 2.05) is 30.3 Å². The van der Waals surface area contributed by atoms with Crippen LogP contribution in [0.2, 0.25) is 0 Å². The first-order valence-corrected chi connectivity index (χ1v) is 9.61. The van der Waals surface area contributed by atoms with E-state index in [4.69, 9.17) is 4.74 Å². The van der Waals surface area contributed by atoms with E-state index in [0.29, 0.717) is 27.7 Å². The molecule has 0 saturated carbocycles. The Bertz CT molecular complexity index is 1230. The summed E-state index contributed by atoms with van der Waals surface area (Å²) in [6.07, 6.45) is 6.80. The van der Waals surface area contributed by atoms with Gasteiger partial charge in [-0.2, -0.15) is 9.50 Å². The fourth-order valence-corrected chi connectivity index (χ4v) is 3.79. The highest BCUT2D eigenvalue weighted by atomic mass is 79.9. The van der Waals surface area contributed by atoms with Gasteiger partial charge < -0.3 is 4.74 Å². The highest BCUT2D eigenvalue weighted by Crippen LogP contribution is 2.24. The lowest BCUT2D eigenvalue weighted by Crippen LogP contribution is -2.23. The molecular formula is C19H13BrN4O2S. The van der Waals surface area contributed by atoms with Crippen molar-refractivity contribution in [1.82, 2.24) is 19.6 Å². The standard InChI is InChI=1S/C19H13BrN4O2S/c1-2-9-26-15-4-3-14(20)10-13(15)11-16-18(25)24-19(27-16)22-17(23-24)12-5-7-21-8-6-12/h2-8,10-11H,1,9H2/b16-11-. The van der Waals surface area contributed by atoms with Crippen molar-refractivity contribution >= 4 is 38.3 Å². The molecule has 3 aromatic heterocycles. The largest absolute Gasteiger partial charge is 0.489 e. The molecule has 3 heterocycles. The fraction of sp³-hybridized carbons (Fsp3) is 0.0526. The quantitative estimate of drug-likeness (QED) is 0.446. The predicted molar refractivity (Wildman–Crippen MR) is 109 cm³/mol. The molecular weight excluding hydrogens is 428 g/mol. The van der Waals surface area contributed by atoms with E-state index in [-0.39, 0.29) is 5.56 Å². The zero-order valence-electron chi connectivity index (χ0n) is 14.0. The minimum atomic E-state index is -0.211. The van der Waals surface area contributed by atoms with Gasteiger partial charge in [-0.3, -0.25) is 9.78 Å². The summed E-state index contributed by atoms with van der Waals surface area (Å²) in [6.45, 7) is 4.05. The molecule has 27 heavy (non-hydrogen) atoms. The van der Waals surface area contributed by atoms with Crippen LogP contribution < -0.4 is 14.8 Å². The van der Waals surface area contributed by atoms with Gasteiger partial charge >= 0.3 is 0 Å². The third kappa shape index (κ3) is 3.54. The number of benzene rings is 1. The maximum absolute atomic E-state index is 12.7. The van der Waals surface area contributed by atoms with Crippen molar-refractivity contribution in [3.63, 3.8) is 0 Å². The molecule has 0 aliphatic rings. The summed E-state index contributed by atoms with van der Waals surface area (Å²) in [5, 5.41) is 4.34. The van der Waals surface area contributed by atoms with Gasteiger partial charge in [-0.1, -0.05) is 39.9 Å². The molecule has 0 atom stereocenters. The van der Waals surface area contributed by atoms with Crippen molar-refractivity contribution < 1.29 is 4.74 Å². The lowest BCUT2D eigenvalue weighted by Gasteiger charge is -2.07. The van der Waals surface area contributed by atoms with Crippen LogP contribution in [0.3, 0.4) is 0 Å². The summed E-state index contributed by atoms with van der Waals surface area (Å²) in [7, 11) is 0. The van der Waals surface area contributed by atoms with Gasteiger partial charge in [0.1, 0.15) is 12.4 Å². The summed E-state index contributed by atoms with van der Waals surface area (Å²) >= 11 is 4.74. The molecule has 0 saturated heterocycles. The van der Waals surface area contributed by atoms with Crippen molar-refractivity contribution in [2.45, 2.75) is 0 Å². The molecule has 0 aliphatic carbocycles. The number of hydrogen-bond donors (Lipinski definition) is 0. The molecule has 4 rings (SSSR count). The Balaban J connectivity index is 1.80. The highest BCUT2D eigenvalue weighted by molar-refractivity contribution is 9.10. The monoisotopic (exact) mass is 440 g/mol. The Hall–Kier alpha value is -2.84. The van der Waals surface area contributed by atoms with Gasteiger partial charge in [0, 0.05) is 28.0 Å². The molecule has 134 valence electrons. The maximum Gasteiger partial charge on any atom is 0.291 e. The first-order valence-electron chi connectivity index (χ1n) is 8.00. The van der Waals surface area contributed by atoms with Crippen LogP contribution >= 0.6 is 27.3 Å². The number of halogens is 1.